The van der Waals surface area contributed by atoms with Crippen molar-refractivity contribution in [2.45, 2.75) is 53.0 Å². The van der Waals surface area contributed by atoms with Crippen LogP contribution >= 0.6 is 24.0 Å². The van der Waals surface area contributed by atoms with E-state index in [2.05, 4.69) is 41.2 Å². The molecule has 23 heavy (non-hydrogen) atoms. The molecule has 1 atom stereocenters. The van der Waals surface area contributed by atoms with Crippen LogP contribution in [-0.4, -0.2) is 45.3 Å². The van der Waals surface area contributed by atoms with Crippen LogP contribution in [0.5, 0.6) is 0 Å². The van der Waals surface area contributed by atoms with Crippen molar-refractivity contribution in [3.63, 3.8) is 0 Å². The number of hydrogen-bond acceptors (Lipinski definition) is 3. The molecule has 1 aliphatic heterocycles. The lowest BCUT2D eigenvalue weighted by molar-refractivity contribution is 0.142. The number of hydrogen-bond donors (Lipinski definition) is 1. The third kappa shape index (κ3) is 5.61. The molecule has 1 N–H and O–H groups in total. The summed E-state index contributed by atoms with van der Waals surface area (Å²) in [5.74, 6) is 1.90. The highest BCUT2D eigenvalue weighted by molar-refractivity contribution is 14.0. The van der Waals surface area contributed by atoms with Crippen LogP contribution in [0.3, 0.4) is 0 Å². The Hall–Kier alpha value is -0.860. The molecule has 132 valence electrons. The van der Waals surface area contributed by atoms with Gasteiger partial charge in [0.25, 0.3) is 0 Å². The first kappa shape index (κ1) is 20.2. The summed E-state index contributed by atoms with van der Waals surface area (Å²) in [6, 6.07) is 0. The van der Waals surface area contributed by atoms with Gasteiger partial charge in [-0.05, 0) is 31.6 Å². The van der Waals surface area contributed by atoms with Crippen molar-refractivity contribution in [3.8, 4) is 0 Å². The fourth-order valence-corrected chi connectivity index (χ4v) is 3.33. The fraction of sp³-hybridized carbons (Fsp3) is 0.812. The number of nitrogens with one attached hydrogen (secondary N) is 1. The molecule has 1 saturated heterocycles. The van der Waals surface area contributed by atoms with Gasteiger partial charge in [-0.2, -0.15) is 0 Å². The molecule has 0 bridgehead atoms. The Labute approximate surface area is 157 Å². The van der Waals surface area contributed by atoms with E-state index in [0.717, 1.165) is 31.4 Å². The van der Waals surface area contributed by atoms with Gasteiger partial charge in [-0.3, -0.25) is 0 Å². The van der Waals surface area contributed by atoms with Crippen LogP contribution in [-0.2, 0) is 13.6 Å². The number of guanidine groups is 1. The lowest BCUT2D eigenvalue weighted by Gasteiger charge is -2.42. The van der Waals surface area contributed by atoms with E-state index in [4.69, 9.17) is 4.99 Å². The minimum absolute atomic E-state index is 0. The first-order chi connectivity index (χ1) is 10.6. The van der Waals surface area contributed by atoms with Gasteiger partial charge in [0.15, 0.2) is 11.8 Å². The van der Waals surface area contributed by atoms with E-state index in [-0.39, 0.29) is 24.0 Å². The van der Waals surface area contributed by atoms with Gasteiger partial charge in [-0.25, -0.2) is 4.99 Å². The molecule has 0 saturated carbocycles. The van der Waals surface area contributed by atoms with Crippen molar-refractivity contribution in [1.29, 1.82) is 0 Å². The summed E-state index contributed by atoms with van der Waals surface area (Å²) in [4.78, 5) is 7.19. The number of aromatic nitrogens is 3. The van der Waals surface area contributed by atoms with Crippen LogP contribution in [0, 0.1) is 5.41 Å². The average molecular weight is 434 g/mol. The fourth-order valence-electron chi connectivity index (χ4n) is 3.33. The molecule has 0 spiro atoms. The first-order valence-corrected chi connectivity index (χ1v) is 8.44. The molecule has 1 fully saturated rings. The molecule has 0 aliphatic carbocycles. The van der Waals surface area contributed by atoms with Gasteiger partial charge in [0.2, 0.25) is 0 Å². The van der Waals surface area contributed by atoms with E-state index in [1.165, 1.54) is 25.7 Å². The number of halogens is 1. The largest absolute Gasteiger partial charge is 0.357 e. The smallest absolute Gasteiger partial charge is 0.194 e. The van der Waals surface area contributed by atoms with Gasteiger partial charge in [0.1, 0.15) is 12.9 Å². The van der Waals surface area contributed by atoms with Crippen molar-refractivity contribution in [2.24, 2.45) is 17.5 Å². The number of aryl methyl sites for hydroxylation is 1. The van der Waals surface area contributed by atoms with E-state index in [0.29, 0.717) is 12.0 Å². The third-order valence-electron chi connectivity index (χ3n) is 4.44. The Morgan fingerprint density at radius 2 is 2.22 bits per heavy atom. The highest BCUT2D eigenvalue weighted by Gasteiger charge is 2.31. The SMILES string of the molecule is CCCC1(C)CCCN(C(=NCc2nncn2C)NCC)C1.I. The number of nitrogens with zero attached hydrogens (tertiary/aromatic N) is 5. The van der Waals surface area contributed by atoms with Crippen LogP contribution in [0.2, 0.25) is 0 Å². The molecule has 0 amide bonds. The number of piperidine rings is 1. The van der Waals surface area contributed by atoms with Crippen LogP contribution in [0.15, 0.2) is 11.3 Å². The second-order valence-electron chi connectivity index (χ2n) is 6.61. The van der Waals surface area contributed by atoms with Crippen LogP contribution in [0.4, 0.5) is 0 Å². The van der Waals surface area contributed by atoms with Crippen LogP contribution in [0.25, 0.3) is 0 Å². The average Bonchev–Trinajstić information content (AvgIpc) is 2.89. The van der Waals surface area contributed by atoms with E-state index < -0.39 is 0 Å². The third-order valence-corrected chi connectivity index (χ3v) is 4.44. The zero-order valence-corrected chi connectivity index (χ0v) is 17.2. The second kappa shape index (κ2) is 9.44. The zero-order chi connectivity index (χ0) is 16.0. The van der Waals surface area contributed by atoms with Crippen molar-refractivity contribution in [2.75, 3.05) is 19.6 Å². The van der Waals surface area contributed by atoms with Gasteiger partial charge in [0, 0.05) is 26.7 Å². The van der Waals surface area contributed by atoms with Gasteiger partial charge in [-0.1, -0.05) is 20.3 Å². The Morgan fingerprint density at radius 3 is 2.83 bits per heavy atom. The van der Waals surface area contributed by atoms with E-state index >= 15 is 0 Å². The Bertz CT molecular complexity index is 497. The van der Waals surface area contributed by atoms with Crippen molar-refractivity contribution >= 4 is 29.9 Å². The van der Waals surface area contributed by atoms with Crippen LogP contribution < -0.4 is 5.32 Å². The van der Waals surface area contributed by atoms with E-state index in [1.807, 2.05) is 11.6 Å². The molecule has 7 heteroatoms. The maximum absolute atomic E-state index is 4.77. The quantitative estimate of drug-likeness (QED) is 0.440. The Balaban J connectivity index is 0.00000264. The number of aliphatic imine (C=N–C) groups is 1. The molecule has 2 rings (SSSR count). The topological polar surface area (TPSA) is 58.3 Å². The number of likely N-dealkylation sites (tertiary alicyclic amines) is 1. The molecular formula is C16H31IN6. The summed E-state index contributed by atoms with van der Waals surface area (Å²) in [7, 11) is 1.96. The van der Waals surface area contributed by atoms with Gasteiger partial charge in [-0.15, -0.1) is 34.2 Å². The molecule has 1 aliphatic rings. The number of rotatable bonds is 5. The summed E-state index contributed by atoms with van der Waals surface area (Å²) >= 11 is 0. The van der Waals surface area contributed by atoms with Gasteiger partial charge in [0.05, 0.1) is 0 Å². The monoisotopic (exact) mass is 434 g/mol. The molecule has 1 aromatic rings. The van der Waals surface area contributed by atoms with Crippen molar-refractivity contribution < 1.29 is 0 Å². The van der Waals surface area contributed by atoms with E-state index in [1.54, 1.807) is 6.33 Å². The molecule has 2 heterocycles. The predicted molar refractivity (Wildman–Crippen MR) is 105 cm³/mol. The lowest BCUT2D eigenvalue weighted by atomic mass is 9.78. The summed E-state index contributed by atoms with van der Waals surface area (Å²) in [5, 5.41) is 11.5. The summed E-state index contributed by atoms with van der Waals surface area (Å²) in [6.07, 6.45) is 6.81. The minimum atomic E-state index is 0. The zero-order valence-electron chi connectivity index (χ0n) is 14.9. The molecule has 1 unspecified atom stereocenters. The molecular weight excluding hydrogens is 403 g/mol. The highest BCUT2D eigenvalue weighted by Crippen LogP contribution is 2.33. The van der Waals surface area contributed by atoms with Crippen molar-refractivity contribution in [1.82, 2.24) is 25.0 Å². The summed E-state index contributed by atoms with van der Waals surface area (Å²) in [6.45, 7) is 10.4. The molecule has 0 aromatic carbocycles. The highest BCUT2D eigenvalue weighted by atomic mass is 127. The molecule has 6 nitrogen and oxygen atoms in total. The Kier molecular flexibility index (Phi) is 8.28. The standard InChI is InChI=1S/C16H30N6.HI/c1-5-8-16(3)9-7-10-22(12-16)15(17-6-2)18-11-14-20-19-13-21(14)4;/h13H,5-12H2,1-4H3,(H,17,18);1H. The maximum Gasteiger partial charge on any atom is 0.194 e. The summed E-state index contributed by atoms with van der Waals surface area (Å²) < 4.78 is 1.92. The molecule has 1 aromatic heterocycles. The minimum Gasteiger partial charge on any atom is -0.357 e. The normalized spacial score (nSPS) is 21.9. The second-order valence-corrected chi connectivity index (χ2v) is 6.61. The predicted octanol–water partition coefficient (Wildman–Crippen LogP) is 2.80. The maximum atomic E-state index is 4.77. The van der Waals surface area contributed by atoms with Gasteiger partial charge >= 0.3 is 0 Å². The Morgan fingerprint density at radius 1 is 1.43 bits per heavy atom. The van der Waals surface area contributed by atoms with E-state index in [9.17, 15) is 0 Å². The van der Waals surface area contributed by atoms with Crippen LogP contribution in [0.1, 0.15) is 52.3 Å². The summed E-state index contributed by atoms with van der Waals surface area (Å²) in [5.41, 5.74) is 0.411. The van der Waals surface area contributed by atoms with Crippen molar-refractivity contribution in [3.05, 3.63) is 12.2 Å². The van der Waals surface area contributed by atoms with Gasteiger partial charge < -0.3 is 14.8 Å². The lowest BCUT2D eigenvalue weighted by Crippen LogP contribution is -2.49. The molecule has 0 radical (unpaired) electrons. The first-order valence-electron chi connectivity index (χ1n) is 8.44.